The van der Waals surface area contributed by atoms with Crippen molar-refractivity contribution in [2.24, 2.45) is 0 Å². The molecule has 1 aliphatic rings. The molecular weight excluding hydrogens is 519 g/mol. The van der Waals surface area contributed by atoms with Crippen molar-refractivity contribution >= 4 is 41.8 Å². The first-order valence-electron chi connectivity index (χ1n) is 11.5. The molecule has 0 radical (unpaired) electrons. The van der Waals surface area contributed by atoms with Crippen molar-refractivity contribution in [2.75, 3.05) is 19.0 Å². The minimum atomic E-state index is -1.14. The number of aromatic carboxylic acids is 1. The van der Waals surface area contributed by atoms with Crippen molar-refractivity contribution in [2.45, 2.75) is 31.4 Å². The standard InChI is InChI=1S/C27H27ClN2O6.ClH/c1-35-27(34)30-22-11-19(26(32)33)13-24(14-22)36-23-9-5-16-4-8-21(10-18(16)12-23)29-15-25(31)17-2-6-20(28)7-3-17;/h2-3,5-7,9,11-14,21,25,29,31H,4,8,10,15H2,1H3,(H,30,34)(H,32,33);1H/t21-,25+;/m0./s1. The zero-order valence-corrected chi connectivity index (χ0v) is 21.6. The van der Waals surface area contributed by atoms with E-state index in [0.717, 1.165) is 30.4 Å². The first kappa shape index (κ1) is 28.3. The number of carboxylic acids is 1. The van der Waals surface area contributed by atoms with Gasteiger partial charge in [0.1, 0.15) is 11.5 Å². The molecule has 3 aromatic carbocycles. The summed E-state index contributed by atoms with van der Waals surface area (Å²) in [6.07, 6.45) is 1.27. The van der Waals surface area contributed by atoms with Crippen LogP contribution in [0.15, 0.2) is 60.7 Å². The molecule has 10 heteroatoms. The van der Waals surface area contributed by atoms with Crippen LogP contribution in [0.4, 0.5) is 10.5 Å². The highest BCUT2D eigenvalue weighted by Crippen LogP contribution is 2.31. The number of aryl methyl sites for hydroxylation is 1. The maximum atomic E-state index is 11.6. The third-order valence-electron chi connectivity index (χ3n) is 6.08. The number of fused-ring (bicyclic) bond motifs is 1. The molecule has 1 aliphatic carbocycles. The zero-order valence-electron chi connectivity index (χ0n) is 20.1. The number of benzene rings is 3. The first-order valence-corrected chi connectivity index (χ1v) is 11.9. The number of carboxylic acid groups (broad SMARTS) is 1. The summed E-state index contributed by atoms with van der Waals surface area (Å²) in [5.74, 6) is -0.312. The molecule has 0 saturated carbocycles. The number of hydrogen-bond donors (Lipinski definition) is 4. The number of rotatable bonds is 8. The average molecular weight is 547 g/mol. The number of amides is 1. The van der Waals surface area contributed by atoms with E-state index in [1.165, 1.54) is 30.9 Å². The molecule has 3 aromatic rings. The summed E-state index contributed by atoms with van der Waals surface area (Å²) in [5.41, 5.74) is 3.38. The van der Waals surface area contributed by atoms with Crippen molar-refractivity contribution in [3.05, 3.63) is 87.9 Å². The Bertz CT molecular complexity index is 1250. The normalized spacial score (nSPS) is 15.1. The monoisotopic (exact) mass is 546 g/mol. The van der Waals surface area contributed by atoms with Crippen LogP contribution < -0.4 is 15.4 Å². The Balaban J connectivity index is 0.00000380. The van der Waals surface area contributed by atoms with Crippen LogP contribution in [0.2, 0.25) is 5.02 Å². The molecule has 0 aromatic heterocycles. The molecular formula is C27H28Cl2N2O6. The Kier molecular flexibility index (Phi) is 9.77. The lowest BCUT2D eigenvalue weighted by Gasteiger charge is -2.27. The summed E-state index contributed by atoms with van der Waals surface area (Å²) in [7, 11) is 1.22. The summed E-state index contributed by atoms with van der Waals surface area (Å²) >= 11 is 5.93. The maximum Gasteiger partial charge on any atom is 0.411 e. The summed E-state index contributed by atoms with van der Waals surface area (Å²) < 4.78 is 10.5. The van der Waals surface area contributed by atoms with E-state index < -0.39 is 18.2 Å². The number of halogens is 2. The Hall–Kier alpha value is -3.30. The van der Waals surface area contributed by atoms with Crippen molar-refractivity contribution in [1.82, 2.24) is 5.32 Å². The van der Waals surface area contributed by atoms with Crippen LogP contribution >= 0.6 is 24.0 Å². The van der Waals surface area contributed by atoms with E-state index in [4.69, 9.17) is 16.3 Å². The molecule has 8 nitrogen and oxygen atoms in total. The van der Waals surface area contributed by atoms with Gasteiger partial charge in [-0.05, 0) is 72.4 Å². The molecule has 4 N–H and O–H groups in total. The second-order valence-corrected chi connectivity index (χ2v) is 9.05. The van der Waals surface area contributed by atoms with Crippen molar-refractivity contribution in [3.63, 3.8) is 0 Å². The number of aliphatic hydroxyl groups is 1. The highest BCUT2D eigenvalue weighted by Gasteiger charge is 2.20. The molecule has 0 fully saturated rings. The van der Waals surface area contributed by atoms with E-state index in [1.807, 2.05) is 30.3 Å². The van der Waals surface area contributed by atoms with Gasteiger partial charge in [0.15, 0.2) is 0 Å². The van der Waals surface area contributed by atoms with Gasteiger partial charge >= 0.3 is 12.1 Å². The molecule has 37 heavy (non-hydrogen) atoms. The van der Waals surface area contributed by atoms with E-state index in [1.54, 1.807) is 12.1 Å². The van der Waals surface area contributed by atoms with E-state index in [9.17, 15) is 19.8 Å². The van der Waals surface area contributed by atoms with Crippen LogP contribution in [0.5, 0.6) is 11.5 Å². The highest BCUT2D eigenvalue weighted by molar-refractivity contribution is 6.30. The number of carbonyl (C=O) groups is 2. The number of carbonyl (C=O) groups excluding carboxylic acids is 1. The molecule has 1 amide bonds. The predicted molar refractivity (Wildman–Crippen MR) is 143 cm³/mol. The number of nitrogens with one attached hydrogen (secondary N) is 2. The minimum Gasteiger partial charge on any atom is -0.478 e. The third-order valence-corrected chi connectivity index (χ3v) is 6.33. The lowest BCUT2D eigenvalue weighted by Crippen LogP contribution is -2.37. The van der Waals surface area contributed by atoms with Crippen molar-refractivity contribution in [3.8, 4) is 11.5 Å². The average Bonchev–Trinajstić information content (AvgIpc) is 2.87. The second kappa shape index (κ2) is 12.8. The fourth-order valence-electron chi connectivity index (χ4n) is 4.21. The molecule has 0 unspecified atom stereocenters. The minimum absolute atomic E-state index is 0. The molecule has 4 rings (SSSR count). The molecule has 2 atom stereocenters. The Morgan fingerprint density at radius 2 is 1.81 bits per heavy atom. The molecule has 0 spiro atoms. The molecule has 0 heterocycles. The Morgan fingerprint density at radius 3 is 2.51 bits per heavy atom. The Morgan fingerprint density at radius 1 is 1.05 bits per heavy atom. The smallest absolute Gasteiger partial charge is 0.411 e. The van der Waals surface area contributed by atoms with Gasteiger partial charge in [-0.15, -0.1) is 12.4 Å². The molecule has 0 bridgehead atoms. The zero-order chi connectivity index (χ0) is 25.7. The second-order valence-electron chi connectivity index (χ2n) is 8.62. The SMILES string of the molecule is COC(=O)Nc1cc(Oc2ccc3c(c2)C[C@@H](NC[C@@H](O)c2ccc(Cl)cc2)CC3)cc(C(=O)O)c1.Cl. The molecule has 196 valence electrons. The van der Waals surface area contributed by atoms with Gasteiger partial charge < -0.3 is 25.0 Å². The van der Waals surface area contributed by atoms with Crippen molar-refractivity contribution in [1.29, 1.82) is 0 Å². The van der Waals surface area contributed by atoms with Crippen LogP contribution in [0.3, 0.4) is 0 Å². The van der Waals surface area contributed by atoms with E-state index in [0.29, 0.717) is 17.3 Å². The summed E-state index contributed by atoms with van der Waals surface area (Å²) in [5, 5.41) is 26.5. The van der Waals surface area contributed by atoms with Gasteiger partial charge in [-0.25, -0.2) is 9.59 Å². The fourth-order valence-corrected chi connectivity index (χ4v) is 4.34. The summed E-state index contributed by atoms with van der Waals surface area (Å²) in [6, 6.07) is 17.4. The summed E-state index contributed by atoms with van der Waals surface area (Å²) in [6.45, 7) is 0.426. The van der Waals surface area contributed by atoms with E-state index >= 15 is 0 Å². The van der Waals surface area contributed by atoms with E-state index in [-0.39, 0.29) is 35.4 Å². The number of ether oxygens (including phenoxy) is 2. The third kappa shape index (κ3) is 7.60. The van der Waals surface area contributed by atoms with Crippen LogP contribution in [0.25, 0.3) is 0 Å². The summed E-state index contributed by atoms with van der Waals surface area (Å²) in [4.78, 5) is 23.1. The van der Waals surface area contributed by atoms with Crippen LogP contribution in [0.1, 0.15) is 39.6 Å². The maximum absolute atomic E-state index is 11.6. The lowest BCUT2D eigenvalue weighted by molar-refractivity contribution is 0.0696. The van der Waals surface area contributed by atoms with Gasteiger partial charge in [-0.2, -0.15) is 0 Å². The van der Waals surface area contributed by atoms with Gasteiger partial charge in [0.25, 0.3) is 0 Å². The van der Waals surface area contributed by atoms with Gasteiger partial charge in [0.05, 0.1) is 18.8 Å². The van der Waals surface area contributed by atoms with Crippen LogP contribution in [0, 0.1) is 0 Å². The number of hydrogen-bond acceptors (Lipinski definition) is 6. The Labute approximate surface area is 226 Å². The van der Waals surface area contributed by atoms with Crippen molar-refractivity contribution < 1.29 is 29.3 Å². The van der Waals surface area contributed by atoms with Crippen LogP contribution in [-0.4, -0.2) is 42.0 Å². The quantitative estimate of drug-likeness (QED) is 0.290. The predicted octanol–water partition coefficient (Wildman–Crippen LogP) is 5.61. The highest BCUT2D eigenvalue weighted by atomic mass is 35.5. The van der Waals surface area contributed by atoms with Crippen LogP contribution in [-0.2, 0) is 17.6 Å². The van der Waals surface area contributed by atoms with Gasteiger partial charge in [0.2, 0.25) is 0 Å². The van der Waals surface area contributed by atoms with Gasteiger partial charge in [-0.1, -0.05) is 29.8 Å². The lowest BCUT2D eigenvalue weighted by atomic mass is 9.88. The largest absolute Gasteiger partial charge is 0.478 e. The molecule has 0 saturated heterocycles. The van der Waals surface area contributed by atoms with E-state index in [2.05, 4.69) is 15.4 Å². The first-order chi connectivity index (χ1) is 17.3. The topological polar surface area (TPSA) is 117 Å². The van der Waals surface area contributed by atoms with Gasteiger partial charge in [-0.3, -0.25) is 5.32 Å². The fraction of sp³-hybridized carbons (Fsp3) is 0.259. The number of methoxy groups -OCH3 is 1. The van der Waals surface area contributed by atoms with Gasteiger partial charge in [0, 0.05) is 29.4 Å². The number of aliphatic hydroxyl groups excluding tert-OH is 1. The molecule has 0 aliphatic heterocycles. The number of anilines is 1.